The van der Waals surface area contributed by atoms with Crippen molar-refractivity contribution < 1.29 is 27.5 Å². The van der Waals surface area contributed by atoms with E-state index >= 15 is 0 Å². The van der Waals surface area contributed by atoms with Gasteiger partial charge in [0.15, 0.2) is 0 Å². The lowest BCUT2D eigenvalue weighted by atomic mass is 10.1. The third-order valence-electron chi connectivity index (χ3n) is 6.95. The fourth-order valence-electron chi connectivity index (χ4n) is 4.54. The molecule has 0 aliphatic carbocycles. The number of nitrogens with zero attached hydrogens (tertiary/aromatic N) is 2. The summed E-state index contributed by atoms with van der Waals surface area (Å²) >= 11 is 0. The Morgan fingerprint density at radius 3 is 2.14 bits per heavy atom. The standard InChI is InChI=1S/C32H41N3O6S/c1-7-28(32(37)33-20-23(2)3)34(21-25-13-9-8-12-24(25)4)31(36)22-35(29-14-10-11-15-30(29)41-6)42(38,39)27-18-16-26(40-5)17-19-27/h8-19,23,28H,7,20-22H2,1-6H3,(H,33,37). The molecule has 226 valence electrons. The summed E-state index contributed by atoms with van der Waals surface area (Å²) in [6, 6.07) is 19.4. The minimum atomic E-state index is -4.25. The molecule has 0 spiro atoms. The summed E-state index contributed by atoms with van der Waals surface area (Å²) in [5.74, 6) is 0.205. The minimum absolute atomic E-state index is 0.0193. The van der Waals surface area contributed by atoms with Crippen LogP contribution >= 0.6 is 0 Å². The van der Waals surface area contributed by atoms with Crippen LogP contribution in [0.3, 0.4) is 0 Å². The molecule has 9 nitrogen and oxygen atoms in total. The molecule has 0 aromatic heterocycles. The van der Waals surface area contributed by atoms with Gasteiger partial charge < -0.3 is 19.7 Å². The fourth-order valence-corrected chi connectivity index (χ4v) is 5.96. The molecule has 1 atom stereocenters. The lowest BCUT2D eigenvalue weighted by Crippen LogP contribution is -2.52. The maximum Gasteiger partial charge on any atom is 0.264 e. The number of hydrogen-bond donors (Lipinski definition) is 1. The van der Waals surface area contributed by atoms with Crippen molar-refractivity contribution >= 4 is 27.5 Å². The van der Waals surface area contributed by atoms with E-state index in [4.69, 9.17) is 9.47 Å². The van der Waals surface area contributed by atoms with Gasteiger partial charge in [0.05, 0.1) is 24.8 Å². The van der Waals surface area contributed by atoms with Crippen molar-refractivity contribution in [3.05, 3.63) is 83.9 Å². The number of anilines is 1. The zero-order chi connectivity index (χ0) is 30.9. The Morgan fingerprint density at radius 2 is 1.55 bits per heavy atom. The van der Waals surface area contributed by atoms with Crippen molar-refractivity contribution in [3.63, 3.8) is 0 Å². The van der Waals surface area contributed by atoms with Crippen molar-refractivity contribution in [1.82, 2.24) is 10.2 Å². The van der Waals surface area contributed by atoms with Gasteiger partial charge in [-0.3, -0.25) is 13.9 Å². The van der Waals surface area contributed by atoms with Crippen LogP contribution in [-0.4, -0.2) is 58.5 Å². The van der Waals surface area contributed by atoms with Crippen LogP contribution in [0.4, 0.5) is 5.69 Å². The first-order valence-corrected chi connectivity index (χ1v) is 15.4. The van der Waals surface area contributed by atoms with Gasteiger partial charge in [0.2, 0.25) is 11.8 Å². The highest BCUT2D eigenvalue weighted by Crippen LogP contribution is 2.33. The second-order valence-corrected chi connectivity index (χ2v) is 12.2. The lowest BCUT2D eigenvalue weighted by Gasteiger charge is -2.34. The van der Waals surface area contributed by atoms with E-state index in [1.54, 1.807) is 36.4 Å². The summed E-state index contributed by atoms with van der Waals surface area (Å²) in [5.41, 5.74) is 2.03. The van der Waals surface area contributed by atoms with E-state index in [0.717, 1.165) is 15.4 Å². The van der Waals surface area contributed by atoms with E-state index in [2.05, 4.69) is 5.32 Å². The summed E-state index contributed by atoms with van der Waals surface area (Å²) < 4.78 is 39.9. The van der Waals surface area contributed by atoms with E-state index in [1.165, 1.54) is 31.3 Å². The number of nitrogens with one attached hydrogen (secondary N) is 1. The number of rotatable bonds is 14. The third kappa shape index (κ3) is 7.82. The maximum atomic E-state index is 14.2. The number of carbonyl (C=O) groups excluding carboxylic acids is 2. The molecule has 0 radical (unpaired) electrons. The number of ether oxygens (including phenoxy) is 2. The Morgan fingerprint density at radius 1 is 0.905 bits per heavy atom. The normalized spacial score (nSPS) is 12.0. The molecule has 3 aromatic carbocycles. The zero-order valence-corrected chi connectivity index (χ0v) is 26.0. The Balaban J connectivity index is 2.10. The SMILES string of the molecule is CCC(C(=O)NCC(C)C)N(Cc1ccccc1C)C(=O)CN(c1ccccc1OC)S(=O)(=O)c1ccc(OC)cc1. The lowest BCUT2D eigenvalue weighted by molar-refractivity contribution is -0.140. The predicted molar refractivity (Wildman–Crippen MR) is 164 cm³/mol. The van der Waals surface area contributed by atoms with Crippen LogP contribution < -0.4 is 19.1 Å². The van der Waals surface area contributed by atoms with Crippen molar-refractivity contribution in [1.29, 1.82) is 0 Å². The van der Waals surface area contributed by atoms with Crippen molar-refractivity contribution in [3.8, 4) is 11.5 Å². The smallest absolute Gasteiger partial charge is 0.264 e. The number of amides is 2. The van der Waals surface area contributed by atoms with Crippen LogP contribution in [-0.2, 0) is 26.2 Å². The largest absolute Gasteiger partial charge is 0.497 e. The minimum Gasteiger partial charge on any atom is -0.497 e. The molecule has 10 heteroatoms. The highest BCUT2D eigenvalue weighted by atomic mass is 32.2. The molecule has 0 bridgehead atoms. The molecule has 0 fully saturated rings. The first-order chi connectivity index (χ1) is 20.0. The van der Waals surface area contributed by atoms with Gasteiger partial charge in [0.1, 0.15) is 24.1 Å². The van der Waals surface area contributed by atoms with Crippen molar-refractivity contribution in [2.24, 2.45) is 5.92 Å². The molecule has 0 saturated heterocycles. The van der Waals surface area contributed by atoms with E-state index in [9.17, 15) is 18.0 Å². The average molecular weight is 596 g/mol. The Kier molecular flexibility index (Phi) is 11.4. The number of hydrogen-bond acceptors (Lipinski definition) is 6. The molecular formula is C32H41N3O6S. The van der Waals surface area contributed by atoms with Crippen LogP contribution in [0.15, 0.2) is 77.7 Å². The van der Waals surface area contributed by atoms with Crippen LogP contribution in [0.25, 0.3) is 0 Å². The van der Waals surface area contributed by atoms with Crippen molar-refractivity contribution in [2.45, 2.75) is 51.6 Å². The van der Waals surface area contributed by atoms with E-state index in [1.807, 2.05) is 52.0 Å². The van der Waals surface area contributed by atoms with Crippen LogP contribution in [0, 0.1) is 12.8 Å². The van der Waals surface area contributed by atoms with Gasteiger partial charge in [-0.25, -0.2) is 8.42 Å². The summed E-state index contributed by atoms with van der Waals surface area (Å²) in [7, 11) is -1.31. The summed E-state index contributed by atoms with van der Waals surface area (Å²) in [6.07, 6.45) is 0.349. The van der Waals surface area contributed by atoms with Gasteiger partial charge in [-0.2, -0.15) is 0 Å². The monoisotopic (exact) mass is 595 g/mol. The summed E-state index contributed by atoms with van der Waals surface area (Å²) in [6.45, 7) is 7.81. The molecule has 1 unspecified atom stereocenters. The second-order valence-electron chi connectivity index (χ2n) is 10.4. The summed E-state index contributed by atoms with van der Waals surface area (Å²) in [4.78, 5) is 29.1. The van der Waals surface area contributed by atoms with Crippen LogP contribution in [0.2, 0.25) is 0 Å². The highest BCUT2D eigenvalue weighted by Gasteiger charge is 2.35. The molecule has 42 heavy (non-hydrogen) atoms. The predicted octanol–water partition coefficient (Wildman–Crippen LogP) is 4.79. The van der Waals surface area contributed by atoms with Gasteiger partial charge in [-0.1, -0.05) is 57.2 Å². The number of sulfonamides is 1. The van der Waals surface area contributed by atoms with Crippen LogP contribution in [0.5, 0.6) is 11.5 Å². The highest BCUT2D eigenvalue weighted by molar-refractivity contribution is 7.92. The van der Waals surface area contributed by atoms with E-state index < -0.39 is 28.5 Å². The molecule has 0 heterocycles. The first-order valence-electron chi connectivity index (χ1n) is 13.9. The quantitative estimate of drug-likeness (QED) is 0.288. The van der Waals surface area contributed by atoms with Gasteiger partial charge in [0, 0.05) is 13.1 Å². The number of carbonyl (C=O) groups is 2. The number of aryl methyl sites for hydroxylation is 1. The molecule has 3 aromatic rings. The van der Waals surface area contributed by atoms with Gasteiger partial charge in [-0.05, 0) is 66.8 Å². The molecule has 0 aliphatic heterocycles. The van der Waals surface area contributed by atoms with Crippen molar-refractivity contribution in [2.75, 3.05) is 31.6 Å². The Bertz CT molecular complexity index is 1460. The zero-order valence-electron chi connectivity index (χ0n) is 25.2. The fraction of sp³-hybridized carbons (Fsp3) is 0.375. The number of methoxy groups -OCH3 is 2. The molecular weight excluding hydrogens is 554 g/mol. The second kappa shape index (κ2) is 14.7. The molecule has 3 rings (SSSR count). The Hall–Kier alpha value is -4.05. The maximum absolute atomic E-state index is 14.2. The van der Waals surface area contributed by atoms with Gasteiger partial charge in [0.25, 0.3) is 10.0 Å². The third-order valence-corrected chi connectivity index (χ3v) is 8.73. The average Bonchev–Trinajstić information content (AvgIpc) is 2.99. The number of para-hydroxylation sites is 2. The van der Waals surface area contributed by atoms with E-state index in [-0.39, 0.29) is 34.7 Å². The van der Waals surface area contributed by atoms with Crippen LogP contribution in [0.1, 0.15) is 38.3 Å². The molecule has 0 saturated carbocycles. The number of benzene rings is 3. The first kappa shape index (κ1) is 32.5. The van der Waals surface area contributed by atoms with Gasteiger partial charge in [-0.15, -0.1) is 0 Å². The molecule has 2 amide bonds. The summed E-state index contributed by atoms with van der Waals surface area (Å²) in [5, 5.41) is 2.94. The molecule has 1 N–H and O–H groups in total. The topological polar surface area (TPSA) is 105 Å². The van der Waals surface area contributed by atoms with E-state index in [0.29, 0.717) is 18.7 Å². The van der Waals surface area contributed by atoms with Gasteiger partial charge >= 0.3 is 0 Å². The Labute approximate surface area is 249 Å². The molecule has 0 aliphatic rings.